The Bertz CT molecular complexity index is 322. The van der Waals surface area contributed by atoms with E-state index >= 15 is 0 Å². The van der Waals surface area contributed by atoms with Crippen LogP contribution >= 0.6 is 0 Å². The number of hydrogen-bond donors (Lipinski definition) is 0. The average Bonchev–Trinajstić information content (AvgIpc) is 2.41. The number of carbonyl (C=O) groups excluding carboxylic acids is 1. The van der Waals surface area contributed by atoms with E-state index in [0.29, 0.717) is 0 Å². The van der Waals surface area contributed by atoms with Crippen LogP contribution in [0.25, 0.3) is 6.08 Å². The third-order valence-corrected chi connectivity index (χ3v) is 1.57. The van der Waals surface area contributed by atoms with Crippen LogP contribution in [0.4, 0.5) is 0 Å². The maximum Gasteiger partial charge on any atom is 0.259 e. The van der Waals surface area contributed by atoms with E-state index in [9.17, 15) is 4.79 Å². The van der Waals surface area contributed by atoms with Gasteiger partial charge in [-0.05, 0) is 13.0 Å². The summed E-state index contributed by atoms with van der Waals surface area (Å²) >= 11 is 0. The molecule has 3 nitrogen and oxygen atoms in total. The van der Waals surface area contributed by atoms with Crippen LogP contribution in [0.5, 0.6) is 0 Å². The number of allylic oxidation sites excluding steroid dienone is 1. The minimum Gasteiger partial charge on any atom is -0.269 e. The summed E-state index contributed by atoms with van der Waals surface area (Å²) in [6.45, 7) is 1.79. The van der Waals surface area contributed by atoms with Crippen molar-refractivity contribution < 1.29 is 4.79 Å². The van der Waals surface area contributed by atoms with Crippen LogP contribution in [-0.2, 0) is 0 Å². The average molecular weight is 134 g/mol. The van der Waals surface area contributed by atoms with Gasteiger partial charge in [0.2, 0.25) is 0 Å². The molecule has 0 atom stereocenters. The van der Waals surface area contributed by atoms with E-state index in [2.05, 4.69) is 4.98 Å². The van der Waals surface area contributed by atoms with E-state index < -0.39 is 0 Å². The van der Waals surface area contributed by atoms with Crippen molar-refractivity contribution in [2.75, 3.05) is 0 Å². The number of hydrogen-bond acceptors (Lipinski definition) is 2. The number of aromatic nitrogens is 2. The first kappa shape index (κ1) is 5.41. The lowest BCUT2D eigenvalue weighted by molar-refractivity contribution is 0.0961. The molecular formula is C7H6N2O. The highest BCUT2D eigenvalue weighted by Gasteiger charge is 2.17. The van der Waals surface area contributed by atoms with Gasteiger partial charge in [0.1, 0.15) is 5.82 Å². The normalized spacial score (nSPS) is 15.3. The minimum atomic E-state index is 0.0347. The summed E-state index contributed by atoms with van der Waals surface area (Å²) in [6, 6.07) is 0. The number of imidazole rings is 1. The molecule has 0 saturated heterocycles. The molecule has 2 heterocycles. The Morgan fingerprint density at radius 2 is 2.40 bits per heavy atom. The Balaban J connectivity index is 2.68. The third-order valence-electron chi connectivity index (χ3n) is 1.57. The molecule has 0 saturated carbocycles. The fourth-order valence-corrected chi connectivity index (χ4v) is 1.04. The smallest absolute Gasteiger partial charge is 0.259 e. The molecule has 0 bridgehead atoms. The lowest BCUT2D eigenvalue weighted by atomic mass is 10.3. The summed E-state index contributed by atoms with van der Waals surface area (Å²) in [5.74, 6) is 0.773. The topological polar surface area (TPSA) is 34.9 Å². The zero-order chi connectivity index (χ0) is 7.14. The molecule has 3 heteroatoms. The van der Waals surface area contributed by atoms with Gasteiger partial charge in [-0.3, -0.25) is 9.36 Å². The van der Waals surface area contributed by atoms with Gasteiger partial charge in [-0.1, -0.05) is 0 Å². The summed E-state index contributed by atoms with van der Waals surface area (Å²) in [4.78, 5) is 15.1. The van der Waals surface area contributed by atoms with Gasteiger partial charge in [0.05, 0.1) is 0 Å². The van der Waals surface area contributed by atoms with Crippen LogP contribution < -0.4 is 0 Å². The van der Waals surface area contributed by atoms with Crippen molar-refractivity contribution >= 4 is 12.0 Å². The quantitative estimate of drug-likeness (QED) is 0.529. The van der Waals surface area contributed by atoms with E-state index in [-0.39, 0.29) is 5.91 Å². The molecule has 1 aliphatic rings. The fourth-order valence-electron chi connectivity index (χ4n) is 1.04. The maximum atomic E-state index is 11.1. The summed E-state index contributed by atoms with van der Waals surface area (Å²) < 4.78 is 1.54. The molecule has 10 heavy (non-hydrogen) atoms. The molecule has 2 rings (SSSR count). The molecule has 0 unspecified atom stereocenters. The number of nitrogens with zero attached hydrogens (tertiary/aromatic N) is 2. The number of carbonyl (C=O) groups is 1. The molecule has 0 radical (unpaired) electrons. The second kappa shape index (κ2) is 1.56. The van der Waals surface area contributed by atoms with Crippen molar-refractivity contribution in [2.45, 2.75) is 6.92 Å². The molecule has 1 aromatic heterocycles. The highest BCUT2D eigenvalue weighted by atomic mass is 16.2. The van der Waals surface area contributed by atoms with Crippen molar-refractivity contribution in [1.29, 1.82) is 0 Å². The Morgan fingerprint density at radius 1 is 1.60 bits per heavy atom. The van der Waals surface area contributed by atoms with Crippen LogP contribution in [0.1, 0.15) is 17.5 Å². The van der Waals surface area contributed by atoms with Gasteiger partial charge in [-0.15, -0.1) is 0 Å². The first-order chi connectivity index (χ1) is 4.79. The molecule has 0 aliphatic carbocycles. The van der Waals surface area contributed by atoms with Crippen LogP contribution in [-0.4, -0.2) is 15.5 Å². The van der Waals surface area contributed by atoms with E-state index in [1.165, 1.54) is 4.57 Å². The van der Waals surface area contributed by atoms with E-state index in [1.807, 2.05) is 0 Å². The van der Waals surface area contributed by atoms with Gasteiger partial charge in [0.15, 0.2) is 0 Å². The standard InChI is InChI=1S/C7H6N2O/c1-5-4-6-8-2-3-9(6)7(5)10/h2-4H,1H3. The molecule has 0 fully saturated rings. The van der Waals surface area contributed by atoms with Crippen LogP contribution in [0.15, 0.2) is 18.0 Å². The van der Waals surface area contributed by atoms with Crippen molar-refractivity contribution in [3.05, 3.63) is 23.8 Å². The lowest BCUT2D eigenvalue weighted by Crippen LogP contribution is -2.05. The third kappa shape index (κ3) is 0.492. The van der Waals surface area contributed by atoms with Crippen molar-refractivity contribution in [2.24, 2.45) is 0 Å². The molecule has 0 aromatic carbocycles. The zero-order valence-corrected chi connectivity index (χ0v) is 5.53. The Labute approximate surface area is 58.0 Å². The SMILES string of the molecule is CC1=Cc2nccn2C1=O. The largest absolute Gasteiger partial charge is 0.269 e. The maximum absolute atomic E-state index is 11.1. The fraction of sp³-hybridized carbons (Fsp3) is 0.143. The molecule has 0 spiro atoms. The lowest BCUT2D eigenvalue weighted by Gasteiger charge is -1.91. The second-order valence-corrected chi connectivity index (χ2v) is 2.29. The zero-order valence-electron chi connectivity index (χ0n) is 5.53. The first-order valence-electron chi connectivity index (χ1n) is 3.05. The predicted octanol–water partition coefficient (Wildman–Crippen LogP) is 0.940. The second-order valence-electron chi connectivity index (χ2n) is 2.29. The number of rotatable bonds is 0. The van der Waals surface area contributed by atoms with Gasteiger partial charge < -0.3 is 0 Å². The molecule has 0 N–H and O–H groups in total. The van der Waals surface area contributed by atoms with E-state index in [0.717, 1.165) is 11.4 Å². The van der Waals surface area contributed by atoms with Gasteiger partial charge >= 0.3 is 0 Å². The molecule has 1 aromatic rings. The van der Waals surface area contributed by atoms with E-state index in [1.54, 1.807) is 25.4 Å². The van der Waals surface area contributed by atoms with Crippen molar-refractivity contribution in [3.8, 4) is 0 Å². The summed E-state index contributed by atoms with van der Waals surface area (Å²) in [5.41, 5.74) is 0.753. The molecule has 0 amide bonds. The molecular weight excluding hydrogens is 128 g/mol. The summed E-state index contributed by atoms with van der Waals surface area (Å²) in [6.07, 6.45) is 5.07. The molecule has 1 aliphatic heterocycles. The Kier molecular flexibility index (Phi) is 0.845. The van der Waals surface area contributed by atoms with Crippen molar-refractivity contribution in [1.82, 2.24) is 9.55 Å². The molecule has 50 valence electrons. The van der Waals surface area contributed by atoms with E-state index in [4.69, 9.17) is 0 Å². The van der Waals surface area contributed by atoms with Crippen LogP contribution in [0.2, 0.25) is 0 Å². The highest BCUT2D eigenvalue weighted by molar-refractivity contribution is 6.03. The Hall–Kier alpha value is -1.38. The van der Waals surface area contributed by atoms with Crippen LogP contribution in [0, 0.1) is 0 Å². The van der Waals surface area contributed by atoms with Gasteiger partial charge in [-0.2, -0.15) is 0 Å². The van der Waals surface area contributed by atoms with Crippen molar-refractivity contribution in [3.63, 3.8) is 0 Å². The van der Waals surface area contributed by atoms with Gasteiger partial charge in [0, 0.05) is 18.0 Å². The predicted molar refractivity (Wildman–Crippen MR) is 36.5 cm³/mol. The Morgan fingerprint density at radius 3 is 3.10 bits per heavy atom. The minimum absolute atomic E-state index is 0.0347. The highest BCUT2D eigenvalue weighted by Crippen LogP contribution is 2.14. The van der Waals surface area contributed by atoms with Gasteiger partial charge in [-0.25, -0.2) is 4.98 Å². The number of fused-ring (bicyclic) bond motifs is 1. The monoisotopic (exact) mass is 134 g/mol. The summed E-state index contributed by atoms with van der Waals surface area (Å²) in [5, 5.41) is 0. The summed E-state index contributed by atoms with van der Waals surface area (Å²) in [7, 11) is 0. The van der Waals surface area contributed by atoms with Crippen LogP contribution in [0.3, 0.4) is 0 Å². The van der Waals surface area contributed by atoms with Gasteiger partial charge in [0.25, 0.3) is 5.91 Å². The first-order valence-corrected chi connectivity index (χ1v) is 3.05.